The van der Waals surface area contributed by atoms with Gasteiger partial charge in [-0.1, -0.05) is 48.5 Å². The van der Waals surface area contributed by atoms with E-state index in [0.29, 0.717) is 12.8 Å². The maximum atomic E-state index is 10.6. The van der Waals surface area contributed by atoms with E-state index in [4.69, 9.17) is 21.7 Å². The summed E-state index contributed by atoms with van der Waals surface area (Å²) in [7, 11) is 0. The van der Waals surface area contributed by atoms with Crippen LogP contribution in [0, 0.1) is 0 Å². The molecular weight excluding hydrogens is 378 g/mol. The van der Waals surface area contributed by atoms with Crippen LogP contribution in [0.15, 0.2) is 60.8 Å². The number of carboxylic acid groups (broad SMARTS) is 2. The van der Waals surface area contributed by atoms with Gasteiger partial charge < -0.3 is 37.6 Å². The van der Waals surface area contributed by atoms with Crippen LogP contribution in [-0.2, 0) is 22.4 Å². The molecule has 0 amide bonds. The minimum Gasteiger partial charge on any atom is -0.480 e. The van der Waals surface area contributed by atoms with Crippen molar-refractivity contribution in [3.05, 3.63) is 71.9 Å². The highest BCUT2D eigenvalue weighted by molar-refractivity contribution is 5.84. The summed E-state index contributed by atoms with van der Waals surface area (Å²) in [4.78, 5) is 24.1. The van der Waals surface area contributed by atoms with Crippen LogP contribution >= 0.6 is 0 Å². The molecule has 1 aromatic heterocycles. The number of aromatic nitrogens is 1. The van der Waals surface area contributed by atoms with Gasteiger partial charge in [-0.15, -0.1) is 0 Å². The lowest BCUT2D eigenvalue weighted by Crippen LogP contribution is -2.32. The quantitative estimate of drug-likeness (QED) is 0.384. The van der Waals surface area contributed by atoms with Gasteiger partial charge >= 0.3 is 11.9 Å². The molecule has 0 bridgehead atoms. The normalized spacial score (nSPS) is 11.8. The van der Waals surface area contributed by atoms with E-state index < -0.39 is 24.0 Å². The third kappa shape index (κ3) is 7.72. The fourth-order valence-electron chi connectivity index (χ4n) is 2.58. The highest BCUT2D eigenvalue weighted by Crippen LogP contribution is 2.18. The predicted octanol–water partition coefficient (Wildman–Crippen LogP) is 0.114. The van der Waals surface area contributed by atoms with Crippen LogP contribution in [0.25, 0.3) is 10.9 Å². The van der Waals surface area contributed by atoms with Gasteiger partial charge in [-0.05, 0) is 23.6 Å². The van der Waals surface area contributed by atoms with E-state index in [1.165, 1.54) is 0 Å². The van der Waals surface area contributed by atoms with Crippen molar-refractivity contribution in [1.82, 2.24) is 4.98 Å². The second kappa shape index (κ2) is 12.3. The first kappa shape index (κ1) is 25.8. The smallest absolute Gasteiger partial charge is 0.320 e. The topological polar surface area (TPSA) is 205 Å². The summed E-state index contributed by atoms with van der Waals surface area (Å²) in [6.07, 6.45) is 2.54. The molecule has 158 valence electrons. The Morgan fingerprint density at radius 1 is 0.828 bits per heavy atom. The van der Waals surface area contributed by atoms with E-state index in [0.717, 1.165) is 22.0 Å². The summed E-state index contributed by atoms with van der Waals surface area (Å²) in [5, 5.41) is 18.3. The lowest BCUT2D eigenvalue weighted by atomic mass is 10.1. The summed E-state index contributed by atoms with van der Waals surface area (Å²) in [5.74, 6) is -1.93. The molecule has 9 heteroatoms. The number of nitrogens with one attached hydrogen (secondary N) is 1. The molecule has 29 heavy (non-hydrogen) atoms. The molecular formula is C20H27N3O6. The van der Waals surface area contributed by atoms with Gasteiger partial charge in [0, 0.05) is 23.5 Å². The van der Waals surface area contributed by atoms with Crippen molar-refractivity contribution in [2.45, 2.75) is 24.9 Å². The van der Waals surface area contributed by atoms with Crippen LogP contribution in [0.2, 0.25) is 0 Å². The van der Waals surface area contributed by atoms with Gasteiger partial charge in [0.1, 0.15) is 12.1 Å². The Hall–Kier alpha value is -3.24. The fourth-order valence-corrected chi connectivity index (χ4v) is 2.58. The molecule has 0 fully saturated rings. The molecule has 11 N–H and O–H groups in total. The zero-order valence-corrected chi connectivity index (χ0v) is 15.7. The molecule has 2 aromatic carbocycles. The van der Waals surface area contributed by atoms with Crippen molar-refractivity contribution >= 4 is 22.8 Å². The number of carbonyl (C=O) groups is 2. The van der Waals surface area contributed by atoms with Crippen molar-refractivity contribution in [2.24, 2.45) is 11.5 Å². The number of carboxylic acids is 2. The summed E-state index contributed by atoms with van der Waals surface area (Å²) in [6, 6.07) is 15.5. The molecule has 0 aliphatic rings. The minimum atomic E-state index is -0.972. The molecule has 0 spiro atoms. The third-order valence-corrected chi connectivity index (χ3v) is 4.05. The molecule has 0 saturated carbocycles. The first-order valence-corrected chi connectivity index (χ1v) is 8.44. The molecule has 3 rings (SSSR count). The van der Waals surface area contributed by atoms with Crippen LogP contribution in [0.1, 0.15) is 11.1 Å². The Morgan fingerprint density at radius 2 is 1.34 bits per heavy atom. The van der Waals surface area contributed by atoms with Gasteiger partial charge in [0.05, 0.1) is 0 Å². The van der Waals surface area contributed by atoms with Crippen molar-refractivity contribution in [3.63, 3.8) is 0 Å². The summed E-state index contributed by atoms with van der Waals surface area (Å²) in [6.45, 7) is 0. The van der Waals surface area contributed by atoms with E-state index in [1.807, 2.05) is 60.8 Å². The molecule has 0 unspecified atom stereocenters. The summed E-state index contributed by atoms with van der Waals surface area (Å²) < 4.78 is 0. The standard InChI is InChI=1S/C11H12N2O2.C9H11NO2.2H2O/c12-9(11(14)15)5-7-6-13-10-4-2-1-3-8(7)10;10-8(9(11)12)6-7-4-2-1-3-5-7;;/h1-4,6,9,13H,5,12H2,(H,14,15);1-5,8H,6,10H2,(H,11,12);2*1H2/t9-;8-;;/m00../s1. The Labute approximate surface area is 167 Å². The average molecular weight is 405 g/mol. The van der Waals surface area contributed by atoms with Crippen LogP contribution in [0.5, 0.6) is 0 Å². The maximum Gasteiger partial charge on any atom is 0.320 e. The molecule has 0 aliphatic carbocycles. The SMILES string of the molecule is N[C@@H](Cc1c[nH]c2ccccc12)C(=O)O.N[C@@H](Cc1ccccc1)C(=O)O.O.O. The Kier molecular flexibility index (Phi) is 10.9. The first-order valence-electron chi connectivity index (χ1n) is 8.44. The minimum absolute atomic E-state index is 0. The van der Waals surface area contributed by atoms with Gasteiger partial charge in [-0.25, -0.2) is 0 Å². The predicted molar refractivity (Wildman–Crippen MR) is 111 cm³/mol. The molecule has 2 atom stereocenters. The Morgan fingerprint density at radius 3 is 1.93 bits per heavy atom. The largest absolute Gasteiger partial charge is 0.480 e. The molecule has 9 nitrogen and oxygen atoms in total. The van der Waals surface area contributed by atoms with Crippen molar-refractivity contribution < 1.29 is 30.8 Å². The van der Waals surface area contributed by atoms with E-state index in [9.17, 15) is 9.59 Å². The number of benzene rings is 2. The van der Waals surface area contributed by atoms with Crippen molar-refractivity contribution in [1.29, 1.82) is 0 Å². The number of aromatic amines is 1. The second-order valence-corrected chi connectivity index (χ2v) is 6.14. The zero-order chi connectivity index (χ0) is 19.8. The van der Waals surface area contributed by atoms with Gasteiger partial charge in [0.15, 0.2) is 0 Å². The van der Waals surface area contributed by atoms with Crippen LogP contribution in [-0.4, -0.2) is 50.2 Å². The number of aliphatic carboxylic acids is 2. The lowest BCUT2D eigenvalue weighted by molar-refractivity contribution is -0.139. The number of fused-ring (bicyclic) bond motifs is 1. The average Bonchev–Trinajstić information content (AvgIpc) is 3.06. The highest BCUT2D eigenvalue weighted by Gasteiger charge is 2.14. The molecule has 0 aliphatic heterocycles. The van der Waals surface area contributed by atoms with E-state index in [2.05, 4.69) is 4.98 Å². The Bertz CT molecular complexity index is 897. The third-order valence-electron chi connectivity index (χ3n) is 4.05. The number of H-pyrrole nitrogens is 1. The van der Waals surface area contributed by atoms with Crippen LogP contribution in [0.4, 0.5) is 0 Å². The fraction of sp³-hybridized carbons (Fsp3) is 0.200. The monoisotopic (exact) mass is 405 g/mol. The number of hydrogen-bond donors (Lipinski definition) is 5. The van der Waals surface area contributed by atoms with Gasteiger partial charge in [0.25, 0.3) is 0 Å². The van der Waals surface area contributed by atoms with E-state index in [-0.39, 0.29) is 11.0 Å². The van der Waals surface area contributed by atoms with Crippen LogP contribution < -0.4 is 11.5 Å². The van der Waals surface area contributed by atoms with Gasteiger partial charge in [-0.3, -0.25) is 9.59 Å². The number of nitrogens with two attached hydrogens (primary N) is 2. The number of para-hydroxylation sites is 1. The van der Waals surface area contributed by atoms with Crippen molar-refractivity contribution in [3.8, 4) is 0 Å². The second-order valence-electron chi connectivity index (χ2n) is 6.14. The van der Waals surface area contributed by atoms with Gasteiger partial charge in [-0.2, -0.15) is 0 Å². The van der Waals surface area contributed by atoms with E-state index >= 15 is 0 Å². The van der Waals surface area contributed by atoms with Crippen molar-refractivity contribution in [2.75, 3.05) is 0 Å². The Balaban J connectivity index is 0.000000518. The number of rotatable bonds is 6. The molecule has 1 heterocycles. The molecule has 0 saturated heterocycles. The zero-order valence-electron chi connectivity index (χ0n) is 15.7. The number of hydrogen-bond acceptors (Lipinski definition) is 4. The molecule has 0 radical (unpaired) electrons. The highest BCUT2D eigenvalue weighted by atomic mass is 16.4. The van der Waals surface area contributed by atoms with Gasteiger partial charge in [0.2, 0.25) is 0 Å². The summed E-state index contributed by atoms with van der Waals surface area (Å²) >= 11 is 0. The maximum absolute atomic E-state index is 10.6. The van der Waals surface area contributed by atoms with Crippen LogP contribution in [0.3, 0.4) is 0 Å². The summed E-state index contributed by atoms with van der Waals surface area (Å²) in [5.41, 5.74) is 13.7. The first-order chi connectivity index (χ1) is 12.9. The lowest BCUT2D eigenvalue weighted by Gasteiger charge is -2.04. The van der Waals surface area contributed by atoms with E-state index in [1.54, 1.807) is 0 Å². The molecule has 3 aromatic rings.